The van der Waals surface area contributed by atoms with Crippen LogP contribution in [0.4, 0.5) is 17.5 Å². The monoisotopic (exact) mass is 444 g/mol. The van der Waals surface area contributed by atoms with E-state index in [0.717, 1.165) is 16.6 Å². The average molecular weight is 444 g/mol. The highest BCUT2D eigenvalue weighted by molar-refractivity contribution is 7.17. The molecule has 0 spiro atoms. The van der Waals surface area contributed by atoms with Crippen LogP contribution in [0.3, 0.4) is 0 Å². The Morgan fingerprint density at radius 3 is 2.45 bits per heavy atom. The summed E-state index contributed by atoms with van der Waals surface area (Å²) in [6.07, 6.45) is -0.567. The first-order valence-electron chi connectivity index (χ1n) is 9.13. The number of rotatable bonds is 9. The Morgan fingerprint density at radius 1 is 1.10 bits per heavy atom. The second-order valence-electron chi connectivity index (χ2n) is 6.64. The summed E-state index contributed by atoms with van der Waals surface area (Å²) in [5.74, 6) is -2.60. The van der Waals surface area contributed by atoms with E-state index in [0.29, 0.717) is 17.2 Å². The number of nitrogens with one attached hydrogen (secondary N) is 2. The molecule has 0 aliphatic heterocycles. The molecule has 3 aromatic rings. The fourth-order valence-electron chi connectivity index (χ4n) is 2.88. The van der Waals surface area contributed by atoms with Crippen LogP contribution in [0.1, 0.15) is 28.8 Å². The van der Waals surface area contributed by atoms with Gasteiger partial charge in [-0.2, -0.15) is 4.98 Å². The number of carboxylic acid groups (broad SMARTS) is 2. The number of carbonyl (C=O) groups excluding carboxylic acids is 1. The van der Waals surface area contributed by atoms with Crippen molar-refractivity contribution in [1.29, 1.82) is 0 Å². The molecule has 2 heterocycles. The molecule has 0 aliphatic rings. The van der Waals surface area contributed by atoms with Gasteiger partial charge in [-0.05, 0) is 41.6 Å². The van der Waals surface area contributed by atoms with E-state index in [9.17, 15) is 14.4 Å². The second-order valence-corrected chi connectivity index (χ2v) is 7.49. The van der Waals surface area contributed by atoms with Crippen LogP contribution in [0.25, 0.3) is 10.2 Å². The van der Waals surface area contributed by atoms with Gasteiger partial charge in [0.15, 0.2) is 0 Å². The molecule has 1 atom stereocenters. The standard InChI is InChI=1S/C19H20N6O5S/c20-15-14-10(8-31-17(14)25-19(21)24-15)7-22-11-3-1-9(2-4-11)16(28)23-12(18(29)30)5-6-13(26)27/h1-4,8,12,22H,5-7H2,(H,23,28)(H,26,27)(H,29,30)(H4,20,21,24,25). The molecule has 8 N–H and O–H groups in total. The van der Waals surface area contributed by atoms with E-state index in [1.807, 2.05) is 5.38 Å². The number of hydrogen-bond donors (Lipinski definition) is 6. The van der Waals surface area contributed by atoms with Gasteiger partial charge >= 0.3 is 11.9 Å². The number of nitrogens with zero attached hydrogens (tertiary/aromatic N) is 2. The van der Waals surface area contributed by atoms with Crippen LogP contribution in [0.2, 0.25) is 0 Å². The van der Waals surface area contributed by atoms with Crippen molar-refractivity contribution in [2.24, 2.45) is 0 Å². The topological polar surface area (TPSA) is 194 Å². The number of anilines is 3. The first kappa shape index (κ1) is 21.8. The van der Waals surface area contributed by atoms with Crippen molar-refractivity contribution in [3.05, 3.63) is 40.8 Å². The van der Waals surface area contributed by atoms with Gasteiger partial charge in [0, 0.05) is 24.2 Å². The van der Waals surface area contributed by atoms with E-state index in [-0.39, 0.29) is 24.4 Å². The summed E-state index contributed by atoms with van der Waals surface area (Å²) in [6, 6.07) is 5.15. The molecular weight excluding hydrogens is 424 g/mol. The molecule has 0 radical (unpaired) electrons. The Labute approximate surface area is 180 Å². The lowest BCUT2D eigenvalue weighted by Gasteiger charge is -2.14. The van der Waals surface area contributed by atoms with Crippen molar-refractivity contribution in [3.8, 4) is 0 Å². The molecule has 1 unspecified atom stereocenters. The predicted octanol–water partition coefficient (Wildman–Crippen LogP) is 1.52. The highest BCUT2D eigenvalue weighted by Gasteiger charge is 2.21. The highest BCUT2D eigenvalue weighted by atomic mass is 32.1. The summed E-state index contributed by atoms with van der Waals surface area (Å²) in [5, 5.41) is 26.0. The molecule has 1 aromatic carbocycles. The van der Waals surface area contributed by atoms with Gasteiger partial charge in [0.05, 0.1) is 5.39 Å². The minimum Gasteiger partial charge on any atom is -0.481 e. The van der Waals surface area contributed by atoms with Gasteiger partial charge < -0.3 is 32.3 Å². The van der Waals surface area contributed by atoms with Crippen molar-refractivity contribution < 1.29 is 24.6 Å². The molecule has 0 fully saturated rings. The number of amides is 1. The molecule has 12 heteroatoms. The fraction of sp³-hybridized carbons (Fsp3) is 0.211. The van der Waals surface area contributed by atoms with E-state index in [4.69, 9.17) is 21.7 Å². The van der Waals surface area contributed by atoms with E-state index >= 15 is 0 Å². The van der Waals surface area contributed by atoms with Crippen LogP contribution in [0.15, 0.2) is 29.6 Å². The lowest BCUT2D eigenvalue weighted by molar-refractivity contribution is -0.140. The smallest absolute Gasteiger partial charge is 0.326 e. The molecule has 1 amide bonds. The number of aliphatic carboxylic acids is 2. The number of fused-ring (bicyclic) bond motifs is 1. The number of aromatic nitrogens is 2. The Kier molecular flexibility index (Phi) is 6.50. The summed E-state index contributed by atoms with van der Waals surface area (Å²) >= 11 is 1.41. The number of carboxylic acids is 2. The van der Waals surface area contributed by atoms with Crippen molar-refractivity contribution in [2.75, 3.05) is 16.8 Å². The van der Waals surface area contributed by atoms with Gasteiger partial charge in [-0.3, -0.25) is 9.59 Å². The SMILES string of the molecule is Nc1nc(N)c2c(CNc3ccc(C(=O)NC(CCC(=O)O)C(=O)O)cc3)csc2n1. The Bertz CT molecular complexity index is 1130. The molecule has 0 saturated carbocycles. The fourth-order valence-corrected chi connectivity index (χ4v) is 3.84. The zero-order valence-electron chi connectivity index (χ0n) is 16.2. The maximum absolute atomic E-state index is 12.3. The number of thiophene rings is 1. The normalized spacial score (nSPS) is 11.7. The minimum absolute atomic E-state index is 0.119. The van der Waals surface area contributed by atoms with Gasteiger partial charge in [-0.15, -0.1) is 11.3 Å². The first-order chi connectivity index (χ1) is 14.7. The van der Waals surface area contributed by atoms with E-state index in [2.05, 4.69) is 20.6 Å². The minimum atomic E-state index is -1.29. The third-order valence-electron chi connectivity index (χ3n) is 4.44. The van der Waals surface area contributed by atoms with Gasteiger partial charge in [-0.25, -0.2) is 9.78 Å². The first-order valence-corrected chi connectivity index (χ1v) is 10.0. The summed E-state index contributed by atoms with van der Waals surface area (Å²) in [5.41, 5.74) is 13.4. The van der Waals surface area contributed by atoms with Crippen molar-refractivity contribution in [2.45, 2.75) is 25.4 Å². The lowest BCUT2D eigenvalue weighted by Crippen LogP contribution is -2.41. The van der Waals surface area contributed by atoms with Crippen LogP contribution in [0.5, 0.6) is 0 Å². The Balaban J connectivity index is 1.63. The predicted molar refractivity (Wildman–Crippen MR) is 116 cm³/mol. The summed E-state index contributed by atoms with van der Waals surface area (Å²) in [6.45, 7) is 0.444. The second kappa shape index (κ2) is 9.26. The number of nitrogens with two attached hydrogens (primary N) is 2. The van der Waals surface area contributed by atoms with Gasteiger partial charge in [0.25, 0.3) is 5.91 Å². The van der Waals surface area contributed by atoms with E-state index in [1.165, 1.54) is 23.5 Å². The zero-order chi connectivity index (χ0) is 22.5. The van der Waals surface area contributed by atoms with Crippen molar-refractivity contribution >= 4 is 56.9 Å². The molecule has 3 rings (SSSR count). The van der Waals surface area contributed by atoms with Gasteiger partial charge in [-0.1, -0.05) is 0 Å². The Morgan fingerprint density at radius 2 is 1.81 bits per heavy atom. The largest absolute Gasteiger partial charge is 0.481 e. The molecule has 2 aromatic heterocycles. The van der Waals surface area contributed by atoms with Gasteiger partial charge in [0.1, 0.15) is 16.7 Å². The molecule has 0 saturated heterocycles. The van der Waals surface area contributed by atoms with Crippen LogP contribution in [-0.2, 0) is 16.1 Å². The number of hydrogen-bond acceptors (Lipinski definition) is 9. The maximum Gasteiger partial charge on any atom is 0.326 e. The number of carbonyl (C=O) groups is 3. The van der Waals surface area contributed by atoms with Gasteiger partial charge in [0.2, 0.25) is 5.95 Å². The quantitative estimate of drug-likeness (QED) is 0.282. The maximum atomic E-state index is 12.3. The Hall–Kier alpha value is -3.93. The lowest BCUT2D eigenvalue weighted by atomic mass is 10.1. The average Bonchev–Trinajstić information content (AvgIpc) is 3.12. The highest BCUT2D eigenvalue weighted by Crippen LogP contribution is 2.29. The molecule has 162 valence electrons. The zero-order valence-corrected chi connectivity index (χ0v) is 17.0. The summed E-state index contributed by atoms with van der Waals surface area (Å²) in [7, 11) is 0. The van der Waals surface area contributed by atoms with Crippen LogP contribution < -0.4 is 22.1 Å². The number of benzene rings is 1. The van der Waals surface area contributed by atoms with Crippen LogP contribution in [0, 0.1) is 0 Å². The molecule has 31 heavy (non-hydrogen) atoms. The third kappa shape index (κ3) is 5.36. The third-order valence-corrected chi connectivity index (χ3v) is 5.36. The summed E-state index contributed by atoms with van der Waals surface area (Å²) < 4.78 is 0. The van der Waals surface area contributed by atoms with Crippen LogP contribution in [-0.4, -0.2) is 44.1 Å². The van der Waals surface area contributed by atoms with E-state index < -0.39 is 23.9 Å². The van der Waals surface area contributed by atoms with Crippen molar-refractivity contribution in [1.82, 2.24) is 15.3 Å². The summed E-state index contributed by atoms with van der Waals surface area (Å²) in [4.78, 5) is 43.0. The van der Waals surface area contributed by atoms with Crippen LogP contribution >= 0.6 is 11.3 Å². The molecule has 0 bridgehead atoms. The number of nitrogen functional groups attached to an aromatic ring is 2. The molecular formula is C19H20N6O5S. The molecule has 0 aliphatic carbocycles. The van der Waals surface area contributed by atoms with E-state index in [1.54, 1.807) is 12.1 Å². The molecule has 11 nitrogen and oxygen atoms in total. The van der Waals surface area contributed by atoms with Crippen molar-refractivity contribution in [3.63, 3.8) is 0 Å².